The van der Waals surface area contributed by atoms with E-state index in [2.05, 4.69) is 25.6 Å². The van der Waals surface area contributed by atoms with Crippen molar-refractivity contribution in [1.82, 2.24) is 30.3 Å². The molecular formula is C24H22F2N6O2. The van der Waals surface area contributed by atoms with Crippen molar-refractivity contribution >= 4 is 16.9 Å². The molecule has 4 aromatic rings. The highest BCUT2D eigenvalue weighted by Crippen LogP contribution is 2.41. The maximum absolute atomic E-state index is 15.8. The van der Waals surface area contributed by atoms with E-state index in [-0.39, 0.29) is 25.3 Å². The SMILES string of the molecule is O=C(NC[C@H]1CC[C@](F)(n2cc(-c3ccc4nccnc4c3)nn2)[C@H](O)[C@@H]1F)c1ccccc1. The molecule has 0 unspecified atom stereocenters. The minimum atomic E-state index is -2.46. The van der Waals surface area contributed by atoms with Crippen molar-refractivity contribution in [3.8, 4) is 11.3 Å². The summed E-state index contributed by atoms with van der Waals surface area (Å²) in [5.74, 6) is -3.53. The molecule has 174 valence electrons. The summed E-state index contributed by atoms with van der Waals surface area (Å²) in [5.41, 5.74) is 2.81. The summed E-state index contributed by atoms with van der Waals surface area (Å²) in [7, 11) is 0. The van der Waals surface area contributed by atoms with Gasteiger partial charge in [0, 0.05) is 42.4 Å². The lowest BCUT2D eigenvalue weighted by Gasteiger charge is -2.40. The molecule has 0 spiro atoms. The van der Waals surface area contributed by atoms with Gasteiger partial charge in [-0.1, -0.05) is 29.5 Å². The van der Waals surface area contributed by atoms with E-state index >= 15 is 8.78 Å². The molecule has 2 N–H and O–H groups in total. The fourth-order valence-electron chi connectivity index (χ4n) is 4.28. The number of hydrogen-bond acceptors (Lipinski definition) is 6. The van der Waals surface area contributed by atoms with E-state index in [9.17, 15) is 9.90 Å². The van der Waals surface area contributed by atoms with Crippen LogP contribution >= 0.6 is 0 Å². The fourth-order valence-corrected chi connectivity index (χ4v) is 4.28. The number of alkyl halides is 2. The Hall–Kier alpha value is -3.79. The number of nitrogens with one attached hydrogen (secondary N) is 1. The lowest BCUT2D eigenvalue weighted by atomic mass is 9.80. The van der Waals surface area contributed by atoms with Crippen molar-refractivity contribution in [2.24, 2.45) is 5.92 Å². The van der Waals surface area contributed by atoms with Crippen LogP contribution in [0.25, 0.3) is 22.3 Å². The number of aliphatic hydroxyl groups is 1. The molecule has 2 aromatic heterocycles. The minimum Gasteiger partial charge on any atom is -0.385 e. The second-order valence-corrected chi connectivity index (χ2v) is 8.39. The second kappa shape index (κ2) is 8.86. The highest BCUT2D eigenvalue weighted by atomic mass is 19.2. The van der Waals surface area contributed by atoms with Crippen molar-refractivity contribution in [3.05, 3.63) is 72.7 Å². The van der Waals surface area contributed by atoms with Gasteiger partial charge < -0.3 is 10.4 Å². The van der Waals surface area contributed by atoms with Crippen LogP contribution in [0.2, 0.25) is 0 Å². The molecule has 1 saturated carbocycles. The van der Waals surface area contributed by atoms with Crippen molar-refractivity contribution in [2.45, 2.75) is 30.9 Å². The Morgan fingerprint density at radius 1 is 1.15 bits per heavy atom. The third kappa shape index (κ3) is 4.01. The van der Waals surface area contributed by atoms with Gasteiger partial charge in [-0.2, -0.15) is 0 Å². The molecule has 10 heteroatoms. The maximum atomic E-state index is 15.8. The number of amides is 1. The summed E-state index contributed by atoms with van der Waals surface area (Å²) in [5, 5.41) is 21.1. The van der Waals surface area contributed by atoms with Gasteiger partial charge in [-0.25, -0.2) is 13.5 Å². The summed E-state index contributed by atoms with van der Waals surface area (Å²) in [4.78, 5) is 20.7. The average molecular weight is 464 g/mol. The van der Waals surface area contributed by atoms with Crippen LogP contribution in [0.1, 0.15) is 23.2 Å². The van der Waals surface area contributed by atoms with Crippen LogP contribution in [0.15, 0.2) is 67.1 Å². The first kappa shape index (κ1) is 22.0. The minimum absolute atomic E-state index is 0.0111. The number of aromatic nitrogens is 5. The van der Waals surface area contributed by atoms with Crippen LogP contribution in [0, 0.1) is 5.92 Å². The van der Waals surface area contributed by atoms with Crippen LogP contribution in [0.4, 0.5) is 8.78 Å². The van der Waals surface area contributed by atoms with Gasteiger partial charge in [-0.15, -0.1) is 5.10 Å². The Labute approximate surface area is 193 Å². The molecule has 2 aromatic carbocycles. The van der Waals surface area contributed by atoms with Crippen molar-refractivity contribution < 1.29 is 18.7 Å². The Balaban J connectivity index is 1.29. The van der Waals surface area contributed by atoms with Gasteiger partial charge in [0.05, 0.1) is 17.2 Å². The average Bonchev–Trinajstić information content (AvgIpc) is 3.38. The van der Waals surface area contributed by atoms with Crippen LogP contribution in [0.5, 0.6) is 0 Å². The lowest BCUT2D eigenvalue weighted by molar-refractivity contribution is -0.154. The summed E-state index contributed by atoms with van der Waals surface area (Å²) >= 11 is 0. The zero-order valence-electron chi connectivity index (χ0n) is 18.1. The quantitative estimate of drug-likeness (QED) is 0.470. The van der Waals surface area contributed by atoms with Crippen LogP contribution in [-0.4, -0.2) is 54.8 Å². The van der Waals surface area contributed by atoms with E-state index in [1.807, 2.05) is 0 Å². The summed E-state index contributed by atoms with van der Waals surface area (Å²) in [6.07, 6.45) is 0.596. The summed E-state index contributed by atoms with van der Waals surface area (Å²) in [6, 6.07) is 13.8. The Morgan fingerprint density at radius 2 is 1.91 bits per heavy atom. The van der Waals surface area contributed by atoms with Crippen molar-refractivity contribution in [3.63, 3.8) is 0 Å². The molecule has 2 heterocycles. The van der Waals surface area contributed by atoms with Crippen molar-refractivity contribution in [2.75, 3.05) is 6.54 Å². The van der Waals surface area contributed by atoms with E-state index in [1.54, 1.807) is 60.9 Å². The molecule has 1 amide bonds. The van der Waals surface area contributed by atoms with Gasteiger partial charge in [-0.3, -0.25) is 14.8 Å². The Kier molecular flexibility index (Phi) is 5.74. The number of halogens is 2. The van der Waals surface area contributed by atoms with Crippen molar-refractivity contribution in [1.29, 1.82) is 0 Å². The normalized spacial score (nSPS) is 24.7. The summed E-state index contributed by atoms with van der Waals surface area (Å²) < 4.78 is 31.8. The largest absolute Gasteiger partial charge is 0.385 e. The zero-order chi connectivity index (χ0) is 23.7. The van der Waals surface area contributed by atoms with Gasteiger partial charge in [0.1, 0.15) is 18.0 Å². The van der Waals surface area contributed by atoms with Gasteiger partial charge in [0.2, 0.25) is 5.79 Å². The fraction of sp³-hybridized carbons (Fsp3) is 0.292. The molecule has 5 rings (SSSR count). The predicted octanol–water partition coefficient (Wildman–Crippen LogP) is 3.05. The second-order valence-electron chi connectivity index (χ2n) is 8.39. The molecule has 34 heavy (non-hydrogen) atoms. The lowest BCUT2D eigenvalue weighted by Crippen LogP contribution is -2.54. The number of benzene rings is 2. The van der Waals surface area contributed by atoms with Crippen LogP contribution < -0.4 is 5.32 Å². The van der Waals surface area contributed by atoms with Crippen LogP contribution in [-0.2, 0) is 5.79 Å². The van der Waals surface area contributed by atoms with Gasteiger partial charge in [0.25, 0.3) is 5.91 Å². The number of carbonyl (C=O) groups excluding carboxylic acids is 1. The zero-order valence-corrected chi connectivity index (χ0v) is 18.1. The highest BCUT2D eigenvalue weighted by molar-refractivity contribution is 5.94. The smallest absolute Gasteiger partial charge is 0.251 e. The predicted molar refractivity (Wildman–Crippen MR) is 120 cm³/mol. The molecule has 1 fully saturated rings. The molecule has 1 aliphatic carbocycles. The summed E-state index contributed by atoms with van der Waals surface area (Å²) in [6.45, 7) is -0.0111. The van der Waals surface area contributed by atoms with E-state index in [4.69, 9.17) is 0 Å². The first-order valence-corrected chi connectivity index (χ1v) is 10.9. The van der Waals surface area contributed by atoms with E-state index in [0.717, 1.165) is 4.68 Å². The monoisotopic (exact) mass is 464 g/mol. The van der Waals surface area contributed by atoms with E-state index in [1.165, 1.54) is 6.20 Å². The first-order valence-electron chi connectivity index (χ1n) is 10.9. The van der Waals surface area contributed by atoms with Gasteiger partial charge in [0.15, 0.2) is 0 Å². The third-order valence-corrected chi connectivity index (χ3v) is 6.27. The molecular weight excluding hydrogens is 442 g/mol. The maximum Gasteiger partial charge on any atom is 0.251 e. The standard InChI is InChI=1S/C24H22F2N6O2/c25-21-17(13-29-23(34)15-4-2-1-3-5-15)8-9-24(26,22(21)33)32-14-20(30-31-32)16-6-7-18-19(12-16)28-11-10-27-18/h1-7,10-12,14,17,21-22,33H,8-9,13H2,(H,29,34)/t17-,21-,22-,24+/m1/s1. The number of hydrogen-bond donors (Lipinski definition) is 2. The third-order valence-electron chi connectivity index (χ3n) is 6.27. The molecule has 1 aliphatic rings. The van der Waals surface area contributed by atoms with Crippen LogP contribution in [0.3, 0.4) is 0 Å². The van der Waals surface area contributed by atoms with E-state index in [0.29, 0.717) is 27.9 Å². The Morgan fingerprint density at radius 3 is 2.71 bits per heavy atom. The molecule has 0 bridgehead atoms. The molecule has 8 nitrogen and oxygen atoms in total. The molecule has 0 saturated heterocycles. The first-order chi connectivity index (χ1) is 16.5. The number of aliphatic hydroxyl groups excluding tert-OH is 1. The topological polar surface area (TPSA) is 106 Å². The van der Waals surface area contributed by atoms with Gasteiger partial charge in [-0.05, 0) is 30.7 Å². The number of fused-ring (bicyclic) bond motifs is 1. The molecule has 0 aliphatic heterocycles. The highest BCUT2D eigenvalue weighted by Gasteiger charge is 2.52. The number of nitrogens with zero attached hydrogens (tertiary/aromatic N) is 5. The van der Waals surface area contributed by atoms with E-state index < -0.39 is 24.0 Å². The van der Waals surface area contributed by atoms with Gasteiger partial charge >= 0.3 is 0 Å². The molecule has 0 radical (unpaired) electrons. The Bertz CT molecular complexity index is 1320. The number of rotatable bonds is 5. The molecule has 4 atom stereocenters. The number of carbonyl (C=O) groups is 1.